The van der Waals surface area contributed by atoms with Gasteiger partial charge in [-0.15, -0.1) is 0 Å². The number of hydrazine groups is 1. The molecule has 2 unspecified atom stereocenters. The third kappa shape index (κ3) is 2.79. The molecule has 1 aliphatic heterocycles. The molecular weight excluding hydrogens is 276 g/mol. The second kappa shape index (κ2) is 5.82. The summed E-state index contributed by atoms with van der Waals surface area (Å²) in [5.74, 6) is 2.37. The standard InChI is InChI=1S/C13H16N4O2S/c1-20-7-12-14-13(19-17-12)11-6-10(15-16-11)8-2-4-9(18)5-3-8/h2-5,10-11,15-16,18H,6-7H2,1H3. The molecule has 0 radical (unpaired) electrons. The van der Waals surface area contributed by atoms with Gasteiger partial charge in [-0.2, -0.15) is 16.7 Å². The quantitative estimate of drug-likeness (QED) is 0.794. The van der Waals surface area contributed by atoms with Crippen LogP contribution in [-0.4, -0.2) is 21.5 Å². The highest BCUT2D eigenvalue weighted by molar-refractivity contribution is 7.97. The molecule has 1 aliphatic rings. The molecule has 0 saturated carbocycles. The number of thioether (sulfide) groups is 1. The zero-order chi connectivity index (χ0) is 13.9. The second-order valence-electron chi connectivity index (χ2n) is 4.70. The van der Waals surface area contributed by atoms with E-state index in [1.807, 2.05) is 18.4 Å². The van der Waals surface area contributed by atoms with Crippen LogP contribution in [0.4, 0.5) is 0 Å². The van der Waals surface area contributed by atoms with Gasteiger partial charge in [0.2, 0.25) is 5.89 Å². The third-order valence-electron chi connectivity index (χ3n) is 3.25. The lowest BCUT2D eigenvalue weighted by atomic mass is 10.0. The number of aromatic hydroxyl groups is 1. The van der Waals surface area contributed by atoms with Gasteiger partial charge in [0.1, 0.15) is 11.8 Å². The van der Waals surface area contributed by atoms with E-state index in [1.165, 1.54) is 0 Å². The predicted octanol–water partition coefficient (Wildman–Crippen LogP) is 1.92. The summed E-state index contributed by atoms with van der Waals surface area (Å²) in [5.41, 5.74) is 7.51. The Morgan fingerprint density at radius 1 is 1.30 bits per heavy atom. The molecule has 1 aromatic heterocycles. The first-order valence-electron chi connectivity index (χ1n) is 6.37. The van der Waals surface area contributed by atoms with Crippen molar-refractivity contribution in [3.63, 3.8) is 0 Å². The minimum Gasteiger partial charge on any atom is -0.508 e. The number of benzene rings is 1. The van der Waals surface area contributed by atoms with E-state index in [-0.39, 0.29) is 17.8 Å². The Balaban J connectivity index is 1.68. The van der Waals surface area contributed by atoms with Crippen LogP contribution < -0.4 is 10.9 Å². The van der Waals surface area contributed by atoms with E-state index >= 15 is 0 Å². The number of phenols is 1. The van der Waals surface area contributed by atoms with Crippen LogP contribution in [-0.2, 0) is 5.75 Å². The first-order chi connectivity index (χ1) is 9.76. The number of hydrogen-bond donors (Lipinski definition) is 3. The number of hydrogen-bond acceptors (Lipinski definition) is 7. The largest absolute Gasteiger partial charge is 0.508 e. The van der Waals surface area contributed by atoms with Gasteiger partial charge in [-0.3, -0.25) is 0 Å². The van der Waals surface area contributed by atoms with Gasteiger partial charge in [0.05, 0.1) is 5.75 Å². The van der Waals surface area contributed by atoms with Gasteiger partial charge in [-0.05, 0) is 30.4 Å². The van der Waals surface area contributed by atoms with Crippen molar-refractivity contribution >= 4 is 11.8 Å². The first-order valence-corrected chi connectivity index (χ1v) is 7.77. The molecule has 1 fully saturated rings. The van der Waals surface area contributed by atoms with Gasteiger partial charge >= 0.3 is 0 Å². The van der Waals surface area contributed by atoms with E-state index in [4.69, 9.17) is 4.52 Å². The van der Waals surface area contributed by atoms with E-state index in [0.29, 0.717) is 5.89 Å². The normalized spacial score (nSPS) is 22.2. The molecule has 1 saturated heterocycles. The zero-order valence-electron chi connectivity index (χ0n) is 11.0. The fourth-order valence-electron chi connectivity index (χ4n) is 2.24. The van der Waals surface area contributed by atoms with Crippen molar-refractivity contribution in [3.8, 4) is 5.75 Å². The van der Waals surface area contributed by atoms with Gasteiger partial charge in [0.25, 0.3) is 0 Å². The Kier molecular flexibility index (Phi) is 3.90. The molecule has 2 heterocycles. The van der Waals surface area contributed by atoms with Crippen LogP contribution in [0.15, 0.2) is 28.8 Å². The van der Waals surface area contributed by atoms with E-state index in [9.17, 15) is 5.11 Å². The van der Waals surface area contributed by atoms with Crippen LogP contribution in [0.25, 0.3) is 0 Å². The predicted molar refractivity (Wildman–Crippen MR) is 76.0 cm³/mol. The Hall–Kier alpha value is -1.57. The highest BCUT2D eigenvalue weighted by Crippen LogP contribution is 2.30. The summed E-state index contributed by atoms with van der Waals surface area (Å²) >= 11 is 1.66. The Bertz CT molecular complexity index is 572. The molecule has 0 aliphatic carbocycles. The zero-order valence-corrected chi connectivity index (χ0v) is 11.9. The molecular formula is C13H16N4O2S. The summed E-state index contributed by atoms with van der Waals surface area (Å²) in [7, 11) is 0. The maximum absolute atomic E-state index is 9.31. The molecule has 106 valence electrons. The number of phenolic OH excluding ortho intramolecular Hbond substituents is 1. The molecule has 3 rings (SSSR count). The average Bonchev–Trinajstić information content (AvgIpc) is 3.08. The number of nitrogens with one attached hydrogen (secondary N) is 2. The van der Waals surface area contributed by atoms with Crippen molar-refractivity contribution in [2.24, 2.45) is 0 Å². The fourth-order valence-corrected chi connectivity index (χ4v) is 2.62. The minimum atomic E-state index is 0.0110. The molecule has 1 aromatic carbocycles. The summed E-state index contributed by atoms with van der Waals surface area (Å²) in [6.07, 6.45) is 2.83. The lowest BCUT2D eigenvalue weighted by Crippen LogP contribution is -2.26. The van der Waals surface area contributed by atoms with Crippen molar-refractivity contribution in [3.05, 3.63) is 41.5 Å². The number of rotatable bonds is 4. The summed E-state index contributed by atoms with van der Waals surface area (Å²) in [4.78, 5) is 4.38. The Morgan fingerprint density at radius 2 is 2.05 bits per heavy atom. The van der Waals surface area contributed by atoms with Crippen molar-refractivity contribution in [2.45, 2.75) is 24.3 Å². The Labute approximate surface area is 120 Å². The molecule has 0 amide bonds. The smallest absolute Gasteiger partial charge is 0.245 e. The van der Waals surface area contributed by atoms with Crippen LogP contribution in [0.3, 0.4) is 0 Å². The van der Waals surface area contributed by atoms with Crippen molar-refractivity contribution in [1.29, 1.82) is 0 Å². The second-order valence-corrected chi connectivity index (χ2v) is 5.57. The average molecular weight is 292 g/mol. The lowest BCUT2D eigenvalue weighted by molar-refractivity contribution is 0.337. The number of aromatic nitrogens is 2. The maximum atomic E-state index is 9.31. The molecule has 3 N–H and O–H groups in total. The van der Waals surface area contributed by atoms with E-state index in [2.05, 4.69) is 21.0 Å². The molecule has 0 bridgehead atoms. The van der Waals surface area contributed by atoms with Gasteiger partial charge in [-0.1, -0.05) is 17.3 Å². The maximum Gasteiger partial charge on any atom is 0.245 e. The van der Waals surface area contributed by atoms with Gasteiger partial charge in [0, 0.05) is 6.04 Å². The molecule has 2 atom stereocenters. The number of nitrogens with zero attached hydrogens (tertiary/aromatic N) is 2. The molecule has 7 heteroatoms. The van der Waals surface area contributed by atoms with E-state index in [1.54, 1.807) is 23.9 Å². The summed E-state index contributed by atoms with van der Waals surface area (Å²) < 4.78 is 5.29. The van der Waals surface area contributed by atoms with Crippen molar-refractivity contribution in [1.82, 2.24) is 21.0 Å². The highest BCUT2D eigenvalue weighted by Gasteiger charge is 2.30. The first kappa shape index (κ1) is 13.4. The minimum absolute atomic E-state index is 0.0110. The summed E-state index contributed by atoms with van der Waals surface area (Å²) in [6.45, 7) is 0. The summed E-state index contributed by atoms with van der Waals surface area (Å²) in [5, 5.41) is 13.3. The van der Waals surface area contributed by atoms with Crippen LogP contribution in [0, 0.1) is 0 Å². The van der Waals surface area contributed by atoms with E-state index < -0.39 is 0 Å². The van der Waals surface area contributed by atoms with E-state index in [0.717, 1.165) is 23.6 Å². The monoisotopic (exact) mass is 292 g/mol. The van der Waals surface area contributed by atoms with Crippen LogP contribution in [0.1, 0.15) is 35.8 Å². The van der Waals surface area contributed by atoms with Crippen molar-refractivity contribution < 1.29 is 9.63 Å². The van der Waals surface area contributed by atoms with Gasteiger partial charge < -0.3 is 9.63 Å². The SMILES string of the molecule is CSCc1noc(C2CC(c3ccc(O)cc3)NN2)n1. The molecule has 6 nitrogen and oxygen atoms in total. The van der Waals surface area contributed by atoms with Gasteiger partial charge in [-0.25, -0.2) is 10.9 Å². The van der Waals surface area contributed by atoms with Gasteiger partial charge in [0.15, 0.2) is 5.82 Å². The molecule has 0 spiro atoms. The topological polar surface area (TPSA) is 83.2 Å². The lowest BCUT2D eigenvalue weighted by Gasteiger charge is -2.08. The summed E-state index contributed by atoms with van der Waals surface area (Å²) in [6, 6.07) is 7.36. The fraction of sp³-hybridized carbons (Fsp3) is 0.385. The van der Waals surface area contributed by atoms with Crippen LogP contribution in [0.5, 0.6) is 5.75 Å². The van der Waals surface area contributed by atoms with Crippen LogP contribution in [0.2, 0.25) is 0 Å². The highest BCUT2D eigenvalue weighted by atomic mass is 32.2. The van der Waals surface area contributed by atoms with Crippen LogP contribution >= 0.6 is 11.8 Å². The Morgan fingerprint density at radius 3 is 2.80 bits per heavy atom. The molecule has 20 heavy (non-hydrogen) atoms. The van der Waals surface area contributed by atoms with Crippen molar-refractivity contribution in [2.75, 3.05) is 6.26 Å². The third-order valence-corrected chi connectivity index (χ3v) is 3.80. The molecule has 2 aromatic rings.